The Morgan fingerprint density at radius 2 is 2.04 bits per heavy atom. The molecule has 2 aromatic carbocycles. The summed E-state index contributed by atoms with van der Waals surface area (Å²) in [4.78, 5) is 11.9. The summed E-state index contributed by atoms with van der Waals surface area (Å²) < 4.78 is 10.6. The van der Waals surface area contributed by atoms with E-state index in [2.05, 4.69) is 5.32 Å². The first-order valence-corrected chi connectivity index (χ1v) is 7.32. The molecule has 3 rings (SSSR count). The van der Waals surface area contributed by atoms with Crippen molar-refractivity contribution in [2.24, 2.45) is 0 Å². The van der Waals surface area contributed by atoms with Crippen molar-refractivity contribution in [1.29, 1.82) is 0 Å². The summed E-state index contributed by atoms with van der Waals surface area (Å²) in [5.41, 5.74) is 9.44. The second-order valence-corrected chi connectivity index (χ2v) is 5.35. The van der Waals surface area contributed by atoms with Gasteiger partial charge in [0, 0.05) is 18.3 Å². The van der Waals surface area contributed by atoms with Gasteiger partial charge in [-0.2, -0.15) is 0 Å². The predicted octanol–water partition coefficient (Wildman–Crippen LogP) is 2.64. The van der Waals surface area contributed by atoms with E-state index in [9.17, 15) is 4.79 Å². The third kappa shape index (κ3) is 3.63. The molecule has 5 nitrogen and oxygen atoms in total. The molecule has 0 aromatic heterocycles. The van der Waals surface area contributed by atoms with Gasteiger partial charge in [0.25, 0.3) is 0 Å². The van der Waals surface area contributed by atoms with E-state index in [0.717, 1.165) is 22.4 Å². The van der Waals surface area contributed by atoms with E-state index in [1.807, 2.05) is 43.3 Å². The van der Waals surface area contributed by atoms with Crippen LogP contribution in [-0.4, -0.2) is 12.7 Å². The molecule has 0 saturated heterocycles. The van der Waals surface area contributed by atoms with E-state index < -0.39 is 0 Å². The van der Waals surface area contributed by atoms with E-state index >= 15 is 0 Å². The normalized spacial score (nSPS) is 12.6. The van der Waals surface area contributed by atoms with Gasteiger partial charge in [0.05, 0.1) is 0 Å². The Balaban J connectivity index is 1.57. The first-order valence-electron chi connectivity index (χ1n) is 7.32. The highest BCUT2D eigenvalue weighted by Crippen LogP contribution is 2.32. The zero-order valence-corrected chi connectivity index (χ0v) is 12.8. The largest absolute Gasteiger partial charge is 0.454 e. The number of carbonyl (C=O) groups excluding carboxylic acids is 1. The molecular weight excluding hydrogens is 292 g/mol. The van der Waals surface area contributed by atoms with Crippen LogP contribution in [0.15, 0.2) is 42.5 Å². The Morgan fingerprint density at radius 1 is 1.22 bits per heavy atom. The number of nitrogens with one attached hydrogen (secondary N) is 1. The average Bonchev–Trinajstić information content (AvgIpc) is 3.01. The highest BCUT2D eigenvalue weighted by molar-refractivity contribution is 5.91. The van der Waals surface area contributed by atoms with E-state index in [1.54, 1.807) is 6.08 Å². The van der Waals surface area contributed by atoms with Crippen LogP contribution >= 0.6 is 0 Å². The highest BCUT2D eigenvalue weighted by Gasteiger charge is 2.13. The van der Waals surface area contributed by atoms with Crippen LogP contribution in [-0.2, 0) is 11.3 Å². The lowest BCUT2D eigenvalue weighted by molar-refractivity contribution is -0.116. The Labute approximate surface area is 134 Å². The van der Waals surface area contributed by atoms with Crippen molar-refractivity contribution in [1.82, 2.24) is 5.32 Å². The van der Waals surface area contributed by atoms with Gasteiger partial charge in [-0.3, -0.25) is 4.79 Å². The van der Waals surface area contributed by atoms with Crippen LogP contribution in [0.1, 0.15) is 16.7 Å². The summed E-state index contributed by atoms with van der Waals surface area (Å²) in [5.74, 6) is 1.28. The van der Waals surface area contributed by atoms with Crippen molar-refractivity contribution in [3.05, 3.63) is 59.2 Å². The number of anilines is 1. The zero-order valence-electron chi connectivity index (χ0n) is 12.8. The summed E-state index contributed by atoms with van der Waals surface area (Å²) in [5, 5.41) is 2.83. The van der Waals surface area contributed by atoms with Crippen molar-refractivity contribution >= 4 is 17.7 Å². The number of benzene rings is 2. The standard InChI is InChI=1S/C18H18N2O3/c1-12-2-3-13(8-15(12)19)5-7-18(21)20-10-14-4-6-16-17(9-14)23-11-22-16/h2-9H,10-11,19H2,1H3,(H,20,21)/b7-5+. The average molecular weight is 310 g/mol. The van der Waals surface area contributed by atoms with Gasteiger partial charge >= 0.3 is 0 Å². The molecule has 23 heavy (non-hydrogen) atoms. The van der Waals surface area contributed by atoms with Crippen LogP contribution in [0.2, 0.25) is 0 Å². The third-order valence-corrected chi connectivity index (χ3v) is 3.63. The second kappa shape index (κ2) is 6.44. The fraction of sp³-hybridized carbons (Fsp3) is 0.167. The van der Waals surface area contributed by atoms with Gasteiger partial charge < -0.3 is 20.5 Å². The Kier molecular flexibility index (Phi) is 4.19. The number of ether oxygens (including phenoxy) is 2. The Morgan fingerprint density at radius 3 is 2.87 bits per heavy atom. The second-order valence-electron chi connectivity index (χ2n) is 5.35. The smallest absolute Gasteiger partial charge is 0.244 e. The molecule has 0 radical (unpaired) electrons. The number of aryl methyl sites for hydroxylation is 1. The molecule has 1 amide bonds. The summed E-state index contributed by atoms with van der Waals surface area (Å²) in [6, 6.07) is 11.3. The van der Waals surface area contributed by atoms with Crippen molar-refractivity contribution in [2.45, 2.75) is 13.5 Å². The molecule has 0 aliphatic carbocycles. The molecule has 3 N–H and O–H groups in total. The zero-order chi connectivity index (χ0) is 16.2. The topological polar surface area (TPSA) is 73.6 Å². The lowest BCUT2D eigenvalue weighted by Crippen LogP contribution is -2.20. The van der Waals surface area contributed by atoms with Crippen molar-refractivity contribution < 1.29 is 14.3 Å². The minimum Gasteiger partial charge on any atom is -0.454 e. The summed E-state index contributed by atoms with van der Waals surface area (Å²) in [6.07, 6.45) is 3.24. The van der Waals surface area contributed by atoms with Crippen LogP contribution in [0.4, 0.5) is 5.69 Å². The molecule has 118 valence electrons. The van der Waals surface area contributed by atoms with Crippen molar-refractivity contribution in [3.63, 3.8) is 0 Å². The lowest BCUT2D eigenvalue weighted by Gasteiger charge is -2.04. The molecule has 0 atom stereocenters. The summed E-state index contributed by atoms with van der Waals surface area (Å²) in [6.45, 7) is 2.62. The number of fused-ring (bicyclic) bond motifs is 1. The number of amides is 1. The third-order valence-electron chi connectivity index (χ3n) is 3.63. The molecule has 0 fully saturated rings. The van der Waals surface area contributed by atoms with E-state index in [-0.39, 0.29) is 12.7 Å². The number of hydrogen-bond donors (Lipinski definition) is 2. The van der Waals surface area contributed by atoms with Gasteiger partial charge in [-0.15, -0.1) is 0 Å². The Hall–Kier alpha value is -2.95. The van der Waals surface area contributed by atoms with Gasteiger partial charge in [0.1, 0.15) is 0 Å². The predicted molar refractivity (Wildman–Crippen MR) is 89.0 cm³/mol. The van der Waals surface area contributed by atoms with Gasteiger partial charge in [0.15, 0.2) is 11.5 Å². The molecule has 1 aliphatic heterocycles. The fourth-order valence-corrected chi connectivity index (χ4v) is 2.23. The maximum absolute atomic E-state index is 11.9. The van der Waals surface area contributed by atoms with E-state index in [4.69, 9.17) is 15.2 Å². The minimum absolute atomic E-state index is 0.165. The molecule has 0 saturated carbocycles. The van der Waals surface area contributed by atoms with Crippen molar-refractivity contribution in [3.8, 4) is 11.5 Å². The van der Waals surface area contributed by atoms with Crippen LogP contribution in [0.3, 0.4) is 0 Å². The molecule has 2 aromatic rings. The van der Waals surface area contributed by atoms with Crippen LogP contribution < -0.4 is 20.5 Å². The molecule has 0 spiro atoms. The van der Waals surface area contributed by atoms with Gasteiger partial charge in [-0.05, 0) is 47.9 Å². The molecule has 0 unspecified atom stereocenters. The molecule has 0 bridgehead atoms. The maximum Gasteiger partial charge on any atom is 0.244 e. The number of rotatable bonds is 4. The maximum atomic E-state index is 11.9. The number of nitrogen functional groups attached to an aromatic ring is 1. The minimum atomic E-state index is -0.165. The fourth-order valence-electron chi connectivity index (χ4n) is 2.23. The summed E-state index contributed by atoms with van der Waals surface area (Å²) in [7, 11) is 0. The van der Waals surface area contributed by atoms with E-state index in [1.165, 1.54) is 6.08 Å². The lowest BCUT2D eigenvalue weighted by atomic mass is 10.1. The van der Waals surface area contributed by atoms with E-state index in [0.29, 0.717) is 18.0 Å². The monoisotopic (exact) mass is 310 g/mol. The quantitative estimate of drug-likeness (QED) is 0.672. The Bertz CT molecular complexity index is 769. The van der Waals surface area contributed by atoms with Crippen LogP contribution in [0, 0.1) is 6.92 Å². The number of carbonyl (C=O) groups is 1. The number of hydrogen-bond acceptors (Lipinski definition) is 4. The van der Waals surface area contributed by atoms with Crippen LogP contribution in [0.25, 0.3) is 6.08 Å². The highest BCUT2D eigenvalue weighted by atomic mass is 16.7. The van der Waals surface area contributed by atoms with Crippen LogP contribution in [0.5, 0.6) is 11.5 Å². The van der Waals surface area contributed by atoms with Gasteiger partial charge in [0.2, 0.25) is 12.7 Å². The van der Waals surface area contributed by atoms with Crippen molar-refractivity contribution in [2.75, 3.05) is 12.5 Å². The molecular formula is C18H18N2O3. The molecule has 1 heterocycles. The van der Waals surface area contributed by atoms with Gasteiger partial charge in [-0.25, -0.2) is 0 Å². The first-order chi connectivity index (χ1) is 11.1. The van der Waals surface area contributed by atoms with Gasteiger partial charge in [-0.1, -0.05) is 18.2 Å². The summed E-state index contributed by atoms with van der Waals surface area (Å²) >= 11 is 0. The SMILES string of the molecule is Cc1ccc(/C=C/C(=O)NCc2ccc3c(c2)OCO3)cc1N. The number of nitrogens with two attached hydrogens (primary N) is 1. The first kappa shape index (κ1) is 15.0. The molecule has 5 heteroatoms. The molecule has 1 aliphatic rings.